The van der Waals surface area contributed by atoms with Crippen molar-refractivity contribution in [2.75, 3.05) is 14.1 Å². The third-order valence-corrected chi connectivity index (χ3v) is 5.44. The van der Waals surface area contributed by atoms with Gasteiger partial charge in [-0.25, -0.2) is 21.9 Å². The number of nitrogens with one attached hydrogen (secondary N) is 1. The Kier molecular flexibility index (Phi) is 5.54. The Labute approximate surface area is 145 Å². The molecule has 1 N–H and O–H groups in total. The first-order valence-electron chi connectivity index (χ1n) is 7.43. The summed E-state index contributed by atoms with van der Waals surface area (Å²) >= 11 is 0. The molecule has 1 atom stereocenters. The van der Waals surface area contributed by atoms with E-state index in [1.165, 1.54) is 49.3 Å². The molecule has 0 fully saturated rings. The first-order valence-corrected chi connectivity index (χ1v) is 8.91. The lowest BCUT2D eigenvalue weighted by Gasteiger charge is -2.25. The Morgan fingerprint density at radius 2 is 1.68 bits per heavy atom. The van der Waals surface area contributed by atoms with Crippen LogP contribution in [0.4, 0.5) is 8.78 Å². The van der Waals surface area contributed by atoms with Crippen molar-refractivity contribution in [1.82, 2.24) is 9.62 Å². The van der Waals surface area contributed by atoms with Crippen LogP contribution in [0.15, 0.2) is 47.4 Å². The molecule has 2 aromatic carbocycles. The Balaban J connectivity index is 2.22. The summed E-state index contributed by atoms with van der Waals surface area (Å²) in [4.78, 5) is 13.9. The molecule has 1 amide bonds. The molecule has 0 saturated heterocycles. The highest BCUT2D eigenvalue weighted by atomic mass is 32.2. The fourth-order valence-electron chi connectivity index (χ4n) is 2.27. The largest absolute Gasteiger partial charge is 0.335 e. The molecule has 5 nitrogen and oxygen atoms in total. The molecule has 0 bridgehead atoms. The molecule has 25 heavy (non-hydrogen) atoms. The van der Waals surface area contributed by atoms with Gasteiger partial charge in [0, 0.05) is 12.6 Å². The van der Waals surface area contributed by atoms with Crippen LogP contribution in [0, 0.1) is 11.6 Å². The van der Waals surface area contributed by atoms with Gasteiger partial charge < -0.3 is 4.90 Å². The Bertz CT molecular complexity index is 883. The lowest BCUT2D eigenvalue weighted by atomic mass is 10.1. The predicted molar refractivity (Wildman–Crippen MR) is 89.6 cm³/mol. The van der Waals surface area contributed by atoms with Crippen molar-refractivity contribution in [3.05, 3.63) is 65.2 Å². The van der Waals surface area contributed by atoms with Crippen LogP contribution >= 0.6 is 0 Å². The topological polar surface area (TPSA) is 66.5 Å². The molecule has 0 aliphatic heterocycles. The maximum atomic E-state index is 13.4. The van der Waals surface area contributed by atoms with Crippen molar-refractivity contribution < 1.29 is 22.0 Å². The second kappa shape index (κ2) is 7.28. The van der Waals surface area contributed by atoms with E-state index in [1.54, 1.807) is 6.92 Å². The summed E-state index contributed by atoms with van der Waals surface area (Å²) in [7, 11) is -0.750. The maximum absolute atomic E-state index is 13.4. The number of sulfonamides is 1. The normalized spacial score (nSPS) is 12.7. The average molecular weight is 368 g/mol. The predicted octanol–water partition coefficient (Wildman–Crippen LogP) is 2.71. The van der Waals surface area contributed by atoms with Gasteiger partial charge in [0.25, 0.3) is 5.91 Å². The summed E-state index contributed by atoms with van der Waals surface area (Å²) in [5.74, 6) is -2.30. The smallest absolute Gasteiger partial charge is 0.254 e. The van der Waals surface area contributed by atoms with E-state index >= 15 is 0 Å². The van der Waals surface area contributed by atoms with Crippen LogP contribution in [0.5, 0.6) is 0 Å². The summed E-state index contributed by atoms with van der Waals surface area (Å²) in [5.41, 5.74) is 0.733. The highest BCUT2D eigenvalue weighted by Crippen LogP contribution is 2.23. The van der Waals surface area contributed by atoms with Gasteiger partial charge in [-0.1, -0.05) is 6.07 Å². The number of carbonyl (C=O) groups excluding carboxylic acids is 1. The average Bonchev–Trinajstić information content (AvgIpc) is 2.62. The number of nitrogens with zero attached hydrogens (tertiary/aromatic N) is 1. The molecule has 0 aliphatic carbocycles. The lowest BCUT2D eigenvalue weighted by molar-refractivity contribution is 0.0742. The molecule has 0 saturated carbocycles. The number of carbonyl (C=O) groups is 1. The monoisotopic (exact) mass is 368 g/mol. The zero-order valence-corrected chi connectivity index (χ0v) is 14.8. The summed E-state index contributed by atoms with van der Waals surface area (Å²) in [6.45, 7) is 1.68. The summed E-state index contributed by atoms with van der Waals surface area (Å²) < 4.78 is 52.0. The molecule has 0 heterocycles. The van der Waals surface area contributed by atoms with Crippen LogP contribution in [0.2, 0.25) is 0 Å². The van der Waals surface area contributed by atoms with Gasteiger partial charge in [0.05, 0.1) is 10.9 Å². The third kappa shape index (κ3) is 4.02. The molecule has 2 rings (SSSR count). The van der Waals surface area contributed by atoms with E-state index < -0.39 is 27.7 Å². The van der Waals surface area contributed by atoms with Crippen molar-refractivity contribution in [1.29, 1.82) is 0 Å². The molecule has 134 valence electrons. The van der Waals surface area contributed by atoms with Gasteiger partial charge in [0.15, 0.2) is 11.6 Å². The van der Waals surface area contributed by atoms with E-state index in [1.807, 2.05) is 0 Å². The van der Waals surface area contributed by atoms with Gasteiger partial charge >= 0.3 is 0 Å². The number of halogens is 2. The van der Waals surface area contributed by atoms with Crippen molar-refractivity contribution in [3.8, 4) is 0 Å². The number of amides is 1. The first kappa shape index (κ1) is 19.0. The van der Waals surface area contributed by atoms with Gasteiger partial charge in [-0.2, -0.15) is 0 Å². The van der Waals surface area contributed by atoms with Gasteiger partial charge in [-0.05, 0) is 55.9 Å². The van der Waals surface area contributed by atoms with E-state index in [9.17, 15) is 22.0 Å². The molecule has 0 spiro atoms. The minimum Gasteiger partial charge on any atom is -0.335 e. The number of rotatable bonds is 5. The van der Waals surface area contributed by atoms with E-state index in [0.29, 0.717) is 5.56 Å². The van der Waals surface area contributed by atoms with Crippen molar-refractivity contribution in [2.45, 2.75) is 17.9 Å². The quantitative estimate of drug-likeness (QED) is 0.882. The highest BCUT2D eigenvalue weighted by Gasteiger charge is 2.21. The molecule has 0 aromatic heterocycles. The lowest BCUT2D eigenvalue weighted by Crippen LogP contribution is -2.29. The van der Waals surface area contributed by atoms with Crippen LogP contribution in [0.1, 0.15) is 28.9 Å². The number of hydrogen-bond donors (Lipinski definition) is 1. The van der Waals surface area contributed by atoms with Crippen LogP contribution in [0.3, 0.4) is 0 Å². The molecule has 0 radical (unpaired) electrons. The summed E-state index contributed by atoms with van der Waals surface area (Å²) in [6.07, 6.45) is 0. The summed E-state index contributed by atoms with van der Waals surface area (Å²) in [5, 5.41) is 0. The number of hydrogen-bond acceptors (Lipinski definition) is 3. The van der Waals surface area contributed by atoms with Gasteiger partial charge in [0.1, 0.15) is 0 Å². The SMILES string of the molecule is CNS(=O)(=O)c1ccc(C(=O)N(C)C(C)c2ccc(F)c(F)c2)cc1. The third-order valence-electron chi connectivity index (χ3n) is 4.01. The molecule has 0 aliphatic rings. The first-order chi connectivity index (χ1) is 11.7. The van der Waals surface area contributed by atoms with E-state index in [2.05, 4.69) is 4.72 Å². The minimum atomic E-state index is -3.58. The Morgan fingerprint density at radius 1 is 1.08 bits per heavy atom. The standard InChI is InChI=1S/C17H18F2N2O3S/c1-11(13-6-9-15(18)16(19)10-13)21(3)17(22)12-4-7-14(8-5-12)25(23,24)20-2/h4-11,20H,1-3H3. The molecular weight excluding hydrogens is 350 g/mol. The van der Waals surface area contributed by atoms with Gasteiger partial charge in [-0.3, -0.25) is 4.79 Å². The highest BCUT2D eigenvalue weighted by molar-refractivity contribution is 7.89. The minimum absolute atomic E-state index is 0.0443. The zero-order chi connectivity index (χ0) is 18.8. The second-order valence-electron chi connectivity index (χ2n) is 5.50. The van der Waals surface area contributed by atoms with Crippen molar-refractivity contribution >= 4 is 15.9 Å². The Hall–Kier alpha value is -2.32. The summed E-state index contributed by atoms with van der Waals surface area (Å²) in [6, 6.07) is 8.44. The fraction of sp³-hybridized carbons (Fsp3) is 0.235. The molecule has 8 heteroatoms. The van der Waals surface area contributed by atoms with E-state index in [4.69, 9.17) is 0 Å². The van der Waals surface area contributed by atoms with E-state index in [-0.39, 0.29) is 16.4 Å². The molecule has 1 unspecified atom stereocenters. The van der Waals surface area contributed by atoms with Crippen LogP contribution in [0.25, 0.3) is 0 Å². The fourth-order valence-corrected chi connectivity index (χ4v) is 3.00. The van der Waals surface area contributed by atoms with Gasteiger partial charge in [0.2, 0.25) is 10.0 Å². The van der Waals surface area contributed by atoms with E-state index in [0.717, 1.165) is 12.1 Å². The van der Waals surface area contributed by atoms with Crippen LogP contribution in [-0.4, -0.2) is 33.3 Å². The molecular formula is C17H18F2N2O3S. The van der Waals surface area contributed by atoms with Crippen molar-refractivity contribution in [2.24, 2.45) is 0 Å². The maximum Gasteiger partial charge on any atom is 0.254 e. The zero-order valence-electron chi connectivity index (χ0n) is 14.0. The van der Waals surface area contributed by atoms with Crippen molar-refractivity contribution in [3.63, 3.8) is 0 Å². The van der Waals surface area contributed by atoms with Gasteiger partial charge in [-0.15, -0.1) is 0 Å². The Morgan fingerprint density at radius 3 is 2.20 bits per heavy atom. The number of benzene rings is 2. The second-order valence-corrected chi connectivity index (χ2v) is 7.38. The van der Waals surface area contributed by atoms with Crippen LogP contribution in [-0.2, 0) is 10.0 Å². The molecule has 2 aromatic rings. The van der Waals surface area contributed by atoms with Crippen LogP contribution < -0.4 is 4.72 Å².